The van der Waals surface area contributed by atoms with E-state index in [4.69, 9.17) is 0 Å². The van der Waals surface area contributed by atoms with Gasteiger partial charge >= 0.3 is 0 Å². The minimum absolute atomic E-state index is 0.0135. The molecule has 8 heteroatoms. The predicted octanol–water partition coefficient (Wildman–Crippen LogP) is 4.59. The average molecular weight is 383 g/mol. The first-order chi connectivity index (χ1) is 12.6. The molecule has 2 aromatic heterocycles. The number of amides is 1. The number of thiophene rings is 1. The van der Waals surface area contributed by atoms with Gasteiger partial charge in [-0.15, -0.1) is 11.3 Å². The molecule has 0 saturated heterocycles. The highest BCUT2D eigenvalue weighted by Crippen LogP contribution is 2.29. The SMILES string of the molecule is CCn1c(=NC(=O)c2cc3cc([N+](=O)[O-])ccc3s2)sc2ccccc21. The molecular weight excluding hydrogens is 370 g/mol. The molecule has 1 amide bonds. The zero-order valence-electron chi connectivity index (χ0n) is 13.7. The molecule has 0 N–H and O–H groups in total. The summed E-state index contributed by atoms with van der Waals surface area (Å²) in [6.07, 6.45) is 0. The first-order valence-electron chi connectivity index (χ1n) is 7.92. The lowest BCUT2D eigenvalue weighted by molar-refractivity contribution is -0.384. The number of nitro benzene ring substituents is 1. The van der Waals surface area contributed by atoms with Crippen LogP contribution in [0.1, 0.15) is 16.6 Å². The quantitative estimate of drug-likeness (QED) is 0.383. The molecule has 26 heavy (non-hydrogen) atoms. The van der Waals surface area contributed by atoms with Crippen LogP contribution in [0.5, 0.6) is 0 Å². The molecule has 0 atom stereocenters. The molecular formula is C18H13N3O3S2. The lowest BCUT2D eigenvalue weighted by Crippen LogP contribution is -2.15. The number of para-hydroxylation sites is 1. The summed E-state index contributed by atoms with van der Waals surface area (Å²) in [6, 6.07) is 14.2. The molecule has 0 aliphatic carbocycles. The standard InChI is InChI=1S/C18H13N3O3S2/c1-2-20-13-5-3-4-6-15(13)26-18(20)19-17(22)16-10-11-9-12(21(23)24)7-8-14(11)25-16/h3-10H,2H2,1H3. The van der Waals surface area contributed by atoms with Gasteiger partial charge in [0.05, 0.1) is 20.0 Å². The number of nitro groups is 1. The van der Waals surface area contributed by atoms with Gasteiger partial charge in [-0.05, 0) is 31.2 Å². The van der Waals surface area contributed by atoms with E-state index in [0.717, 1.165) is 21.5 Å². The summed E-state index contributed by atoms with van der Waals surface area (Å²) >= 11 is 2.77. The fraction of sp³-hybridized carbons (Fsp3) is 0.111. The maximum absolute atomic E-state index is 12.7. The number of aryl methyl sites for hydroxylation is 1. The van der Waals surface area contributed by atoms with Gasteiger partial charge in [0.1, 0.15) is 0 Å². The number of carbonyl (C=O) groups is 1. The van der Waals surface area contributed by atoms with Crippen molar-refractivity contribution >= 4 is 54.6 Å². The first kappa shape index (κ1) is 16.6. The number of hydrogen-bond donors (Lipinski definition) is 0. The van der Waals surface area contributed by atoms with Crippen molar-refractivity contribution in [1.82, 2.24) is 4.57 Å². The van der Waals surface area contributed by atoms with Crippen LogP contribution in [0.15, 0.2) is 53.5 Å². The van der Waals surface area contributed by atoms with Crippen LogP contribution in [-0.4, -0.2) is 15.4 Å². The van der Waals surface area contributed by atoms with Crippen LogP contribution in [-0.2, 0) is 6.54 Å². The van der Waals surface area contributed by atoms with Crippen molar-refractivity contribution in [1.29, 1.82) is 0 Å². The van der Waals surface area contributed by atoms with Gasteiger partial charge in [0, 0.05) is 28.8 Å². The highest BCUT2D eigenvalue weighted by Gasteiger charge is 2.14. The Labute approximate surface area is 155 Å². The average Bonchev–Trinajstić information content (AvgIpc) is 3.21. The number of thiazole rings is 1. The van der Waals surface area contributed by atoms with Crippen LogP contribution in [0, 0.1) is 10.1 Å². The summed E-state index contributed by atoms with van der Waals surface area (Å²) in [5, 5.41) is 11.6. The normalized spacial score (nSPS) is 12.1. The van der Waals surface area contributed by atoms with Crippen molar-refractivity contribution in [2.24, 2.45) is 4.99 Å². The van der Waals surface area contributed by atoms with E-state index in [9.17, 15) is 14.9 Å². The van der Waals surface area contributed by atoms with E-state index in [2.05, 4.69) is 4.99 Å². The molecule has 2 heterocycles. The molecule has 0 unspecified atom stereocenters. The fourth-order valence-corrected chi connectivity index (χ4v) is 4.82. The third-order valence-electron chi connectivity index (χ3n) is 4.02. The lowest BCUT2D eigenvalue weighted by atomic mass is 10.2. The number of nitrogens with zero attached hydrogens (tertiary/aromatic N) is 3. The first-order valence-corrected chi connectivity index (χ1v) is 9.55. The zero-order chi connectivity index (χ0) is 18.3. The zero-order valence-corrected chi connectivity index (χ0v) is 15.3. The number of fused-ring (bicyclic) bond motifs is 2. The topological polar surface area (TPSA) is 77.5 Å². The Morgan fingerprint density at radius 3 is 2.73 bits per heavy atom. The van der Waals surface area contributed by atoms with E-state index in [0.29, 0.717) is 15.1 Å². The number of carbonyl (C=O) groups excluding carboxylic acids is 1. The second-order valence-electron chi connectivity index (χ2n) is 5.60. The smallest absolute Gasteiger partial charge is 0.289 e. The fourth-order valence-electron chi connectivity index (χ4n) is 2.80. The second-order valence-corrected chi connectivity index (χ2v) is 7.70. The molecule has 0 bridgehead atoms. The van der Waals surface area contributed by atoms with Crippen LogP contribution in [0.25, 0.3) is 20.3 Å². The molecule has 0 radical (unpaired) electrons. The summed E-state index contributed by atoms with van der Waals surface area (Å²) < 4.78 is 3.91. The Bertz CT molecular complexity index is 1230. The molecule has 2 aromatic carbocycles. The molecule has 130 valence electrons. The van der Waals surface area contributed by atoms with Crippen molar-refractivity contribution < 1.29 is 9.72 Å². The highest BCUT2D eigenvalue weighted by atomic mass is 32.1. The third-order valence-corrected chi connectivity index (χ3v) is 6.19. The number of rotatable bonds is 3. The van der Waals surface area contributed by atoms with Gasteiger partial charge in [-0.2, -0.15) is 4.99 Å². The van der Waals surface area contributed by atoms with Crippen LogP contribution in [0.2, 0.25) is 0 Å². The number of aromatic nitrogens is 1. The maximum atomic E-state index is 12.7. The molecule has 0 spiro atoms. The van der Waals surface area contributed by atoms with Crippen molar-refractivity contribution in [3.05, 3.63) is 68.3 Å². The van der Waals surface area contributed by atoms with Crippen LogP contribution < -0.4 is 4.80 Å². The molecule has 6 nitrogen and oxygen atoms in total. The van der Waals surface area contributed by atoms with E-state index in [-0.39, 0.29) is 11.6 Å². The van der Waals surface area contributed by atoms with Gasteiger partial charge in [-0.1, -0.05) is 23.5 Å². The third kappa shape index (κ3) is 2.83. The monoisotopic (exact) mass is 383 g/mol. The van der Waals surface area contributed by atoms with E-state index in [1.165, 1.54) is 34.8 Å². The Morgan fingerprint density at radius 2 is 1.96 bits per heavy atom. The van der Waals surface area contributed by atoms with E-state index >= 15 is 0 Å². The van der Waals surface area contributed by atoms with Crippen molar-refractivity contribution in [3.63, 3.8) is 0 Å². The van der Waals surface area contributed by atoms with Crippen molar-refractivity contribution in [3.8, 4) is 0 Å². The summed E-state index contributed by atoms with van der Waals surface area (Å²) in [4.78, 5) is 28.6. The predicted molar refractivity (Wildman–Crippen MR) is 104 cm³/mol. The van der Waals surface area contributed by atoms with Gasteiger partial charge in [0.2, 0.25) is 0 Å². The minimum Gasteiger partial charge on any atom is -0.317 e. The number of benzene rings is 2. The number of non-ortho nitro benzene ring substituents is 1. The molecule has 0 aliphatic heterocycles. The van der Waals surface area contributed by atoms with E-state index in [1.807, 2.05) is 35.8 Å². The van der Waals surface area contributed by atoms with E-state index < -0.39 is 4.92 Å². The number of hydrogen-bond acceptors (Lipinski definition) is 5. The summed E-state index contributed by atoms with van der Waals surface area (Å²) in [6.45, 7) is 2.73. The highest BCUT2D eigenvalue weighted by molar-refractivity contribution is 7.21. The van der Waals surface area contributed by atoms with Gasteiger partial charge in [-0.25, -0.2) is 0 Å². The van der Waals surface area contributed by atoms with Gasteiger partial charge < -0.3 is 4.57 Å². The van der Waals surface area contributed by atoms with E-state index in [1.54, 1.807) is 12.1 Å². The minimum atomic E-state index is -0.440. The van der Waals surface area contributed by atoms with Crippen LogP contribution in [0.4, 0.5) is 5.69 Å². The van der Waals surface area contributed by atoms with Gasteiger partial charge in [0.25, 0.3) is 11.6 Å². The molecule has 0 fully saturated rings. The molecule has 0 saturated carbocycles. The van der Waals surface area contributed by atoms with Crippen molar-refractivity contribution in [2.75, 3.05) is 0 Å². The Kier molecular flexibility index (Phi) is 4.14. The summed E-state index contributed by atoms with van der Waals surface area (Å²) in [5.74, 6) is -0.331. The Morgan fingerprint density at radius 1 is 1.15 bits per heavy atom. The van der Waals surface area contributed by atoms with Crippen molar-refractivity contribution in [2.45, 2.75) is 13.5 Å². The second kappa shape index (κ2) is 6.47. The Balaban J connectivity index is 1.80. The largest absolute Gasteiger partial charge is 0.317 e. The maximum Gasteiger partial charge on any atom is 0.289 e. The summed E-state index contributed by atoms with van der Waals surface area (Å²) in [5.41, 5.74) is 1.07. The van der Waals surface area contributed by atoms with Crippen LogP contribution in [0.3, 0.4) is 0 Å². The Hall–Kier alpha value is -2.84. The summed E-state index contributed by atoms with van der Waals surface area (Å²) in [7, 11) is 0. The molecule has 4 rings (SSSR count). The lowest BCUT2D eigenvalue weighted by Gasteiger charge is -1.98. The molecule has 0 aliphatic rings. The van der Waals surface area contributed by atoms with Gasteiger partial charge in [-0.3, -0.25) is 14.9 Å². The van der Waals surface area contributed by atoms with Crippen LogP contribution >= 0.6 is 22.7 Å². The van der Waals surface area contributed by atoms with Gasteiger partial charge in [0.15, 0.2) is 4.80 Å². The molecule has 4 aromatic rings.